The lowest BCUT2D eigenvalue weighted by Crippen LogP contribution is -2.47. The Hall–Kier alpha value is -0.930. The molecular weight excluding hydrogens is 200 g/mol. The lowest BCUT2D eigenvalue weighted by molar-refractivity contribution is -0.0481. The highest BCUT2D eigenvalue weighted by Crippen LogP contribution is 2.36. The molecule has 16 heavy (non-hydrogen) atoms. The van der Waals surface area contributed by atoms with Crippen molar-refractivity contribution in [2.24, 2.45) is 5.92 Å². The van der Waals surface area contributed by atoms with Crippen LogP contribution in [-0.4, -0.2) is 23.2 Å². The molecule has 1 saturated heterocycles. The van der Waals surface area contributed by atoms with Gasteiger partial charge in [-0.05, 0) is 31.9 Å². The molecule has 3 nitrogen and oxygen atoms in total. The van der Waals surface area contributed by atoms with Crippen LogP contribution in [0.25, 0.3) is 0 Å². The lowest BCUT2D eigenvalue weighted by Gasteiger charge is -2.40. The third kappa shape index (κ3) is 1.97. The molecule has 0 spiro atoms. The normalized spacial score (nSPS) is 30.3. The van der Waals surface area contributed by atoms with E-state index in [2.05, 4.69) is 23.3 Å². The maximum atomic E-state index is 10.8. The molecule has 2 rings (SSSR count). The monoisotopic (exact) mass is 220 g/mol. The van der Waals surface area contributed by atoms with Gasteiger partial charge in [0.2, 0.25) is 0 Å². The third-order valence-corrected chi connectivity index (χ3v) is 3.62. The Bertz CT molecular complexity index is 367. The van der Waals surface area contributed by atoms with Crippen LogP contribution in [0.3, 0.4) is 0 Å². The molecule has 1 aliphatic heterocycles. The van der Waals surface area contributed by atoms with Crippen molar-refractivity contribution < 1.29 is 5.11 Å². The number of piperidine rings is 1. The van der Waals surface area contributed by atoms with Crippen molar-refractivity contribution in [1.29, 1.82) is 0 Å². The summed E-state index contributed by atoms with van der Waals surface area (Å²) in [6.45, 7) is 5.91. The zero-order chi connectivity index (χ0) is 11.6. The minimum Gasteiger partial charge on any atom is -0.385 e. The molecule has 2 N–H and O–H groups in total. The van der Waals surface area contributed by atoms with Gasteiger partial charge in [0, 0.05) is 30.4 Å². The van der Waals surface area contributed by atoms with E-state index >= 15 is 0 Å². The first-order chi connectivity index (χ1) is 7.66. The summed E-state index contributed by atoms with van der Waals surface area (Å²) in [4.78, 5) is 4.19. The number of hydrogen-bond donors (Lipinski definition) is 2. The van der Waals surface area contributed by atoms with Crippen molar-refractivity contribution in [3.05, 3.63) is 29.6 Å². The van der Waals surface area contributed by atoms with Crippen molar-refractivity contribution in [3.8, 4) is 0 Å². The Morgan fingerprint density at radius 3 is 3.06 bits per heavy atom. The second-order valence-electron chi connectivity index (χ2n) is 4.73. The molecule has 0 radical (unpaired) electrons. The SMILES string of the molecule is CCC1CNCCC1(O)c1cncc(C)c1. The van der Waals surface area contributed by atoms with Crippen LogP contribution in [0.4, 0.5) is 0 Å². The van der Waals surface area contributed by atoms with Gasteiger partial charge in [0.1, 0.15) is 0 Å². The van der Waals surface area contributed by atoms with Gasteiger partial charge in [-0.25, -0.2) is 0 Å². The largest absolute Gasteiger partial charge is 0.385 e. The van der Waals surface area contributed by atoms with E-state index in [4.69, 9.17) is 0 Å². The lowest BCUT2D eigenvalue weighted by atomic mass is 9.75. The highest BCUT2D eigenvalue weighted by Gasteiger charge is 2.39. The van der Waals surface area contributed by atoms with Gasteiger partial charge >= 0.3 is 0 Å². The summed E-state index contributed by atoms with van der Waals surface area (Å²) in [6, 6.07) is 2.06. The molecule has 0 amide bonds. The van der Waals surface area contributed by atoms with Gasteiger partial charge in [0.05, 0.1) is 5.60 Å². The van der Waals surface area contributed by atoms with E-state index in [9.17, 15) is 5.11 Å². The maximum Gasteiger partial charge on any atom is 0.0963 e. The Balaban J connectivity index is 2.34. The van der Waals surface area contributed by atoms with Gasteiger partial charge in [-0.3, -0.25) is 4.98 Å². The predicted octanol–water partition coefficient (Wildman–Crippen LogP) is 1.60. The molecule has 1 aliphatic rings. The minimum absolute atomic E-state index is 0.282. The molecule has 0 saturated carbocycles. The molecule has 1 fully saturated rings. The summed E-state index contributed by atoms with van der Waals surface area (Å²) in [5.74, 6) is 0.282. The van der Waals surface area contributed by atoms with Crippen LogP contribution in [-0.2, 0) is 5.60 Å². The van der Waals surface area contributed by atoms with E-state index < -0.39 is 5.60 Å². The first kappa shape index (κ1) is 11.6. The number of nitrogens with zero attached hydrogens (tertiary/aromatic N) is 1. The summed E-state index contributed by atoms with van der Waals surface area (Å²) in [6.07, 6.45) is 5.39. The number of aryl methyl sites for hydroxylation is 1. The summed E-state index contributed by atoms with van der Waals surface area (Å²) in [7, 11) is 0. The molecule has 1 aromatic heterocycles. The number of aromatic nitrogens is 1. The fourth-order valence-corrected chi connectivity index (χ4v) is 2.58. The van der Waals surface area contributed by atoms with Crippen molar-refractivity contribution >= 4 is 0 Å². The van der Waals surface area contributed by atoms with Crippen molar-refractivity contribution in [1.82, 2.24) is 10.3 Å². The summed E-state index contributed by atoms with van der Waals surface area (Å²) in [5.41, 5.74) is 1.39. The first-order valence-corrected chi connectivity index (χ1v) is 6.02. The second kappa shape index (κ2) is 4.52. The van der Waals surface area contributed by atoms with Crippen LogP contribution < -0.4 is 5.32 Å². The van der Waals surface area contributed by atoms with Gasteiger partial charge < -0.3 is 10.4 Å². The van der Waals surface area contributed by atoms with Crippen LogP contribution >= 0.6 is 0 Å². The number of rotatable bonds is 2. The van der Waals surface area contributed by atoms with Gasteiger partial charge in [-0.15, -0.1) is 0 Å². The Morgan fingerprint density at radius 2 is 2.38 bits per heavy atom. The van der Waals surface area contributed by atoms with E-state index in [0.717, 1.165) is 37.1 Å². The Labute approximate surface area is 96.9 Å². The molecule has 2 unspecified atom stereocenters. The Morgan fingerprint density at radius 1 is 1.56 bits per heavy atom. The van der Waals surface area contributed by atoms with E-state index in [0.29, 0.717) is 0 Å². The van der Waals surface area contributed by atoms with Crippen LogP contribution in [0.2, 0.25) is 0 Å². The molecule has 2 atom stereocenters. The fraction of sp³-hybridized carbons (Fsp3) is 0.615. The number of pyridine rings is 1. The summed E-state index contributed by atoms with van der Waals surface area (Å²) >= 11 is 0. The maximum absolute atomic E-state index is 10.8. The highest BCUT2D eigenvalue weighted by atomic mass is 16.3. The zero-order valence-electron chi connectivity index (χ0n) is 10.0. The van der Waals surface area contributed by atoms with Crippen LogP contribution in [0, 0.1) is 12.8 Å². The predicted molar refractivity (Wildman–Crippen MR) is 64.1 cm³/mol. The molecule has 3 heteroatoms. The number of nitrogens with one attached hydrogen (secondary N) is 1. The summed E-state index contributed by atoms with van der Waals surface area (Å²) in [5, 5.41) is 14.2. The molecule has 2 heterocycles. The van der Waals surface area contributed by atoms with Crippen LogP contribution in [0.5, 0.6) is 0 Å². The molecule has 0 aliphatic carbocycles. The topological polar surface area (TPSA) is 45.1 Å². The van der Waals surface area contributed by atoms with Crippen LogP contribution in [0.1, 0.15) is 30.9 Å². The van der Waals surface area contributed by atoms with Gasteiger partial charge in [-0.1, -0.05) is 13.0 Å². The standard InChI is InChI=1S/C13H20N2O/c1-3-11-8-14-5-4-13(11,16)12-6-10(2)7-15-9-12/h6-7,9,11,14,16H,3-5,8H2,1-2H3. The van der Waals surface area contributed by atoms with E-state index in [1.165, 1.54) is 0 Å². The van der Waals surface area contributed by atoms with E-state index in [1.807, 2.05) is 13.1 Å². The molecular formula is C13H20N2O. The summed E-state index contributed by atoms with van der Waals surface area (Å²) < 4.78 is 0. The number of aliphatic hydroxyl groups is 1. The number of hydrogen-bond acceptors (Lipinski definition) is 3. The average molecular weight is 220 g/mol. The molecule has 0 bridgehead atoms. The molecule has 1 aromatic rings. The quantitative estimate of drug-likeness (QED) is 0.795. The van der Waals surface area contributed by atoms with E-state index in [-0.39, 0.29) is 5.92 Å². The highest BCUT2D eigenvalue weighted by molar-refractivity contribution is 5.25. The molecule has 0 aromatic carbocycles. The van der Waals surface area contributed by atoms with E-state index in [1.54, 1.807) is 6.20 Å². The van der Waals surface area contributed by atoms with Crippen molar-refractivity contribution in [3.63, 3.8) is 0 Å². The first-order valence-electron chi connectivity index (χ1n) is 6.02. The smallest absolute Gasteiger partial charge is 0.0963 e. The van der Waals surface area contributed by atoms with Gasteiger partial charge in [-0.2, -0.15) is 0 Å². The van der Waals surface area contributed by atoms with Crippen LogP contribution in [0.15, 0.2) is 18.5 Å². The second-order valence-corrected chi connectivity index (χ2v) is 4.73. The van der Waals surface area contributed by atoms with Gasteiger partial charge in [0.15, 0.2) is 0 Å². The fourth-order valence-electron chi connectivity index (χ4n) is 2.58. The average Bonchev–Trinajstić information content (AvgIpc) is 2.30. The van der Waals surface area contributed by atoms with Crippen molar-refractivity contribution in [2.45, 2.75) is 32.3 Å². The minimum atomic E-state index is -0.695. The van der Waals surface area contributed by atoms with Gasteiger partial charge in [0.25, 0.3) is 0 Å². The Kier molecular flexibility index (Phi) is 3.26. The van der Waals surface area contributed by atoms with Crippen molar-refractivity contribution in [2.75, 3.05) is 13.1 Å². The molecule has 88 valence electrons. The zero-order valence-corrected chi connectivity index (χ0v) is 10.0. The third-order valence-electron chi connectivity index (χ3n) is 3.62.